The molecule has 1 aliphatic rings. The average Bonchev–Trinajstić information content (AvgIpc) is 3.22. The van der Waals surface area contributed by atoms with Crippen LogP contribution in [-0.2, 0) is 23.0 Å². The van der Waals surface area contributed by atoms with Gasteiger partial charge in [0.05, 0.1) is 20.5 Å². The number of aryl methyl sites for hydroxylation is 1. The number of hydrogen-bond donors (Lipinski definition) is 0. The molecule has 2 heterocycles. The van der Waals surface area contributed by atoms with E-state index in [2.05, 4.69) is 22.2 Å². The fraction of sp³-hybridized carbons (Fsp3) is 0.550. The number of piperazine rings is 1. The molecule has 31 heavy (non-hydrogen) atoms. The number of nitro benzene ring substituents is 1. The van der Waals surface area contributed by atoms with Crippen molar-refractivity contribution in [1.82, 2.24) is 14.2 Å². The second-order valence-corrected chi connectivity index (χ2v) is 10.2. The molecule has 0 radical (unpaired) electrons. The Morgan fingerprint density at radius 2 is 1.84 bits per heavy atom. The van der Waals surface area contributed by atoms with Crippen molar-refractivity contribution in [1.29, 1.82) is 0 Å². The zero-order valence-corrected chi connectivity index (χ0v) is 19.8. The zero-order chi connectivity index (χ0) is 22.6. The predicted molar refractivity (Wildman–Crippen MR) is 122 cm³/mol. The molecule has 1 saturated heterocycles. The molecule has 170 valence electrons. The monoisotopic (exact) mass is 467 g/mol. The van der Waals surface area contributed by atoms with E-state index in [1.54, 1.807) is 31.3 Å². The Kier molecular flexibility index (Phi) is 7.63. The van der Waals surface area contributed by atoms with Crippen LogP contribution < -0.4 is 4.90 Å². The third-order valence-corrected chi connectivity index (χ3v) is 8.57. The molecule has 1 aromatic heterocycles. The molecule has 0 aliphatic carbocycles. The molecule has 0 spiro atoms. The number of anilines is 1. The maximum atomic E-state index is 12.8. The number of aromatic nitrogens is 1. The highest BCUT2D eigenvalue weighted by atomic mass is 32.2. The van der Waals surface area contributed by atoms with Crippen molar-refractivity contribution < 1.29 is 13.3 Å². The van der Waals surface area contributed by atoms with Gasteiger partial charge in [-0.25, -0.2) is 13.4 Å². The van der Waals surface area contributed by atoms with Crippen molar-refractivity contribution in [3.63, 3.8) is 0 Å². The van der Waals surface area contributed by atoms with Crippen molar-refractivity contribution in [2.24, 2.45) is 0 Å². The summed E-state index contributed by atoms with van der Waals surface area (Å²) in [5, 5.41) is 15.0. The summed E-state index contributed by atoms with van der Waals surface area (Å²) in [5.74, 6) is 0. The van der Waals surface area contributed by atoms with Crippen LogP contribution in [0.1, 0.15) is 31.5 Å². The predicted octanol–water partition coefficient (Wildman–Crippen LogP) is 2.97. The summed E-state index contributed by atoms with van der Waals surface area (Å²) in [6.07, 6.45) is 0.933. The molecule has 1 aliphatic heterocycles. The molecular weight excluding hydrogens is 438 g/mol. The second-order valence-electron chi connectivity index (χ2n) is 7.35. The van der Waals surface area contributed by atoms with Gasteiger partial charge in [0, 0.05) is 57.3 Å². The lowest BCUT2D eigenvalue weighted by molar-refractivity contribution is -0.384. The molecule has 2 aromatic rings. The highest BCUT2D eigenvalue weighted by molar-refractivity contribution is 7.89. The molecule has 1 aromatic carbocycles. The molecule has 0 N–H and O–H groups in total. The maximum absolute atomic E-state index is 12.8. The number of benzene rings is 1. The Morgan fingerprint density at radius 3 is 2.39 bits per heavy atom. The van der Waals surface area contributed by atoms with Gasteiger partial charge in [-0.3, -0.25) is 15.0 Å². The quantitative estimate of drug-likeness (QED) is 0.413. The van der Waals surface area contributed by atoms with E-state index in [-0.39, 0.29) is 10.6 Å². The van der Waals surface area contributed by atoms with Crippen molar-refractivity contribution in [2.45, 2.75) is 38.6 Å². The maximum Gasteiger partial charge on any atom is 0.293 e. The summed E-state index contributed by atoms with van der Waals surface area (Å²) in [7, 11) is -3.75. The van der Waals surface area contributed by atoms with Crippen molar-refractivity contribution in [3.8, 4) is 0 Å². The normalized spacial score (nSPS) is 15.5. The average molecular weight is 468 g/mol. The molecule has 0 atom stereocenters. The van der Waals surface area contributed by atoms with E-state index in [1.807, 2.05) is 4.90 Å². The van der Waals surface area contributed by atoms with Crippen LogP contribution in [0.2, 0.25) is 0 Å². The summed E-state index contributed by atoms with van der Waals surface area (Å²) < 4.78 is 26.8. The van der Waals surface area contributed by atoms with Gasteiger partial charge in [-0.05, 0) is 18.6 Å². The van der Waals surface area contributed by atoms with Crippen molar-refractivity contribution in [3.05, 3.63) is 44.4 Å². The largest absolute Gasteiger partial charge is 0.363 e. The molecular formula is C20H29N5O4S2. The topological polar surface area (TPSA) is 99.9 Å². The summed E-state index contributed by atoms with van der Waals surface area (Å²) in [4.78, 5) is 20.1. The summed E-state index contributed by atoms with van der Waals surface area (Å²) >= 11 is 1.67. The number of hydrogen-bond acceptors (Lipinski definition) is 8. The Balaban J connectivity index is 1.75. The summed E-state index contributed by atoms with van der Waals surface area (Å²) in [6.45, 7) is 9.77. The molecule has 0 bridgehead atoms. The molecule has 9 nitrogen and oxygen atoms in total. The van der Waals surface area contributed by atoms with Crippen LogP contribution in [0.25, 0.3) is 0 Å². The third kappa shape index (κ3) is 5.22. The first-order valence-corrected chi connectivity index (χ1v) is 12.8. The Bertz CT molecular complexity index is 1010. The molecule has 0 unspecified atom stereocenters. The van der Waals surface area contributed by atoms with Crippen LogP contribution in [0.15, 0.2) is 28.5 Å². The Labute approximate surface area is 187 Å². The van der Waals surface area contributed by atoms with Crippen LogP contribution >= 0.6 is 11.3 Å². The molecule has 0 amide bonds. The van der Waals surface area contributed by atoms with Crippen molar-refractivity contribution in [2.75, 3.05) is 44.2 Å². The third-order valence-electron chi connectivity index (χ3n) is 5.49. The second kappa shape index (κ2) is 10.0. The number of rotatable bonds is 9. The van der Waals surface area contributed by atoms with Gasteiger partial charge in [-0.2, -0.15) is 4.31 Å². The van der Waals surface area contributed by atoms with Crippen LogP contribution in [0.5, 0.6) is 0 Å². The van der Waals surface area contributed by atoms with Gasteiger partial charge in [0.15, 0.2) is 0 Å². The van der Waals surface area contributed by atoms with E-state index in [4.69, 9.17) is 0 Å². The minimum Gasteiger partial charge on any atom is -0.363 e. The van der Waals surface area contributed by atoms with Gasteiger partial charge in [-0.1, -0.05) is 20.8 Å². The van der Waals surface area contributed by atoms with E-state index in [9.17, 15) is 18.5 Å². The minimum absolute atomic E-state index is 0.0412. The summed E-state index contributed by atoms with van der Waals surface area (Å²) in [5.41, 5.74) is 1.35. The van der Waals surface area contributed by atoms with Gasteiger partial charge in [0.1, 0.15) is 5.69 Å². The van der Waals surface area contributed by atoms with Gasteiger partial charge in [0.2, 0.25) is 10.0 Å². The molecule has 0 saturated carbocycles. The highest BCUT2D eigenvalue weighted by Crippen LogP contribution is 2.32. The molecule has 3 rings (SSSR count). The van der Waals surface area contributed by atoms with Gasteiger partial charge in [-0.15, -0.1) is 11.3 Å². The van der Waals surface area contributed by atoms with E-state index in [0.29, 0.717) is 31.9 Å². The number of thiazole rings is 1. The van der Waals surface area contributed by atoms with Gasteiger partial charge < -0.3 is 4.90 Å². The van der Waals surface area contributed by atoms with E-state index in [0.717, 1.165) is 36.8 Å². The molecule has 11 heteroatoms. The van der Waals surface area contributed by atoms with E-state index >= 15 is 0 Å². The minimum atomic E-state index is -3.75. The zero-order valence-electron chi connectivity index (χ0n) is 18.2. The van der Waals surface area contributed by atoms with Gasteiger partial charge in [0.25, 0.3) is 5.69 Å². The van der Waals surface area contributed by atoms with E-state index < -0.39 is 14.9 Å². The standard InChI is InChI=1S/C20H29N5O4S2/c1-4-20-21-16(15-30-20)14-22-9-11-23(12-10-22)18-8-7-17(13-19(18)25(26)27)31(28,29)24(5-2)6-3/h7-8,13,15H,4-6,9-12,14H2,1-3H3. The van der Waals surface area contributed by atoms with Gasteiger partial charge >= 0.3 is 0 Å². The fourth-order valence-corrected chi connectivity index (χ4v) is 5.96. The number of sulfonamides is 1. The molecule has 1 fully saturated rings. The lowest BCUT2D eigenvalue weighted by Crippen LogP contribution is -2.46. The Hall–Kier alpha value is -2.08. The first kappa shape index (κ1) is 23.6. The van der Waals surface area contributed by atoms with E-state index in [1.165, 1.54) is 16.4 Å². The van der Waals surface area contributed by atoms with Crippen LogP contribution in [0, 0.1) is 10.1 Å². The lowest BCUT2D eigenvalue weighted by Gasteiger charge is -2.35. The number of nitro groups is 1. The first-order chi connectivity index (χ1) is 14.8. The van der Waals surface area contributed by atoms with Crippen LogP contribution in [0.4, 0.5) is 11.4 Å². The highest BCUT2D eigenvalue weighted by Gasteiger charge is 2.29. The number of nitrogens with zero attached hydrogens (tertiary/aromatic N) is 5. The first-order valence-electron chi connectivity index (χ1n) is 10.5. The van der Waals surface area contributed by atoms with Crippen molar-refractivity contribution >= 4 is 32.7 Å². The van der Waals surface area contributed by atoms with Crippen LogP contribution in [-0.4, -0.2) is 66.8 Å². The lowest BCUT2D eigenvalue weighted by atomic mass is 10.2. The smallest absolute Gasteiger partial charge is 0.293 e. The Morgan fingerprint density at radius 1 is 1.16 bits per heavy atom. The SMILES string of the molecule is CCc1nc(CN2CCN(c3ccc(S(=O)(=O)N(CC)CC)cc3[N+](=O)[O-])CC2)cs1. The fourth-order valence-electron chi connectivity index (χ4n) is 3.75. The van der Waals surface area contributed by atoms with Crippen LogP contribution in [0.3, 0.4) is 0 Å². The summed E-state index contributed by atoms with van der Waals surface area (Å²) in [6, 6.07) is 4.24.